The number of hydrogen-bond donors (Lipinski definition) is 2. The van der Waals surface area contributed by atoms with E-state index in [4.69, 9.17) is 4.74 Å². The quantitative estimate of drug-likeness (QED) is 0.635. The van der Waals surface area contributed by atoms with Crippen LogP contribution >= 0.6 is 0 Å². The van der Waals surface area contributed by atoms with Crippen LogP contribution in [0.4, 0.5) is 9.59 Å². The SMILES string of the molecule is CN(CC(=O)C(Cc1ccccc1)NC(=O)Oc1ccccc1)C(=O)N1CCC[C@H]1C(=O)O. The summed E-state index contributed by atoms with van der Waals surface area (Å²) in [4.78, 5) is 52.1. The van der Waals surface area contributed by atoms with E-state index in [0.29, 0.717) is 25.1 Å². The Morgan fingerprint density at radius 2 is 1.73 bits per heavy atom. The monoisotopic (exact) mass is 453 g/mol. The second-order valence-corrected chi connectivity index (χ2v) is 7.88. The zero-order valence-electron chi connectivity index (χ0n) is 18.3. The topological polar surface area (TPSA) is 116 Å². The Morgan fingerprint density at radius 3 is 2.36 bits per heavy atom. The molecular formula is C24H27N3O6. The maximum atomic E-state index is 13.1. The van der Waals surface area contributed by atoms with Crippen molar-refractivity contribution in [3.8, 4) is 5.75 Å². The number of rotatable bonds is 8. The number of nitrogens with one attached hydrogen (secondary N) is 1. The molecule has 174 valence electrons. The van der Waals surface area contributed by atoms with Gasteiger partial charge >= 0.3 is 18.1 Å². The van der Waals surface area contributed by atoms with Crippen molar-refractivity contribution in [3.63, 3.8) is 0 Å². The first-order valence-electron chi connectivity index (χ1n) is 10.7. The lowest BCUT2D eigenvalue weighted by Gasteiger charge is -2.28. The largest absolute Gasteiger partial charge is 0.480 e. The van der Waals surface area contributed by atoms with Gasteiger partial charge in [-0.3, -0.25) is 4.79 Å². The molecule has 9 heteroatoms. The van der Waals surface area contributed by atoms with Crippen LogP contribution in [-0.2, 0) is 16.0 Å². The van der Waals surface area contributed by atoms with Gasteiger partial charge in [0.25, 0.3) is 0 Å². The number of amides is 3. The second-order valence-electron chi connectivity index (χ2n) is 7.88. The van der Waals surface area contributed by atoms with E-state index >= 15 is 0 Å². The minimum absolute atomic E-state index is 0.215. The minimum Gasteiger partial charge on any atom is -0.480 e. The molecule has 1 unspecified atom stereocenters. The number of Topliss-reactive ketones (excluding diaryl/α,β-unsaturated/α-hetero) is 1. The van der Waals surface area contributed by atoms with Crippen LogP contribution in [0, 0.1) is 0 Å². The van der Waals surface area contributed by atoms with Gasteiger partial charge < -0.3 is 25.0 Å². The van der Waals surface area contributed by atoms with Crippen molar-refractivity contribution in [2.45, 2.75) is 31.3 Å². The molecule has 0 radical (unpaired) electrons. The maximum absolute atomic E-state index is 13.1. The fraction of sp³-hybridized carbons (Fsp3) is 0.333. The number of carboxylic acids is 1. The molecule has 2 aromatic carbocycles. The highest BCUT2D eigenvalue weighted by Crippen LogP contribution is 2.19. The molecule has 0 aromatic heterocycles. The van der Waals surface area contributed by atoms with Gasteiger partial charge in [0.2, 0.25) is 0 Å². The van der Waals surface area contributed by atoms with Crippen molar-refractivity contribution in [2.24, 2.45) is 0 Å². The highest BCUT2D eigenvalue weighted by molar-refractivity contribution is 5.92. The van der Waals surface area contributed by atoms with Crippen LogP contribution < -0.4 is 10.1 Å². The molecule has 3 amide bonds. The third kappa shape index (κ3) is 6.55. The zero-order valence-corrected chi connectivity index (χ0v) is 18.3. The van der Waals surface area contributed by atoms with Gasteiger partial charge in [0.1, 0.15) is 11.8 Å². The minimum atomic E-state index is -1.06. The van der Waals surface area contributed by atoms with Crippen molar-refractivity contribution in [1.29, 1.82) is 0 Å². The summed E-state index contributed by atoms with van der Waals surface area (Å²) < 4.78 is 5.25. The molecule has 1 heterocycles. The van der Waals surface area contributed by atoms with Crippen LogP contribution in [-0.4, -0.2) is 71.0 Å². The smallest absolute Gasteiger partial charge is 0.413 e. The van der Waals surface area contributed by atoms with Crippen molar-refractivity contribution in [2.75, 3.05) is 20.1 Å². The highest BCUT2D eigenvalue weighted by Gasteiger charge is 2.36. The normalized spacial score (nSPS) is 16.0. The number of likely N-dealkylation sites (tertiary alicyclic amines) is 1. The van der Waals surface area contributed by atoms with Gasteiger partial charge in [0.15, 0.2) is 5.78 Å². The van der Waals surface area contributed by atoms with Gasteiger partial charge in [-0.25, -0.2) is 14.4 Å². The van der Waals surface area contributed by atoms with Crippen LogP contribution in [0.5, 0.6) is 5.75 Å². The Labute approximate surface area is 191 Å². The lowest BCUT2D eigenvalue weighted by atomic mass is 10.0. The summed E-state index contributed by atoms with van der Waals surface area (Å²) in [6.45, 7) is 0.0359. The predicted molar refractivity (Wildman–Crippen MR) is 120 cm³/mol. The molecule has 1 aliphatic heterocycles. The van der Waals surface area contributed by atoms with Crippen LogP contribution in [0.3, 0.4) is 0 Å². The number of para-hydroxylation sites is 1. The van der Waals surface area contributed by atoms with E-state index in [9.17, 15) is 24.3 Å². The summed E-state index contributed by atoms with van der Waals surface area (Å²) in [5.41, 5.74) is 0.829. The van der Waals surface area contributed by atoms with Crippen molar-refractivity contribution in [3.05, 3.63) is 66.2 Å². The number of ether oxygens (including phenoxy) is 1. The van der Waals surface area contributed by atoms with Crippen molar-refractivity contribution >= 4 is 23.9 Å². The van der Waals surface area contributed by atoms with Gasteiger partial charge in [-0.2, -0.15) is 0 Å². The number of benzene rings is 2. The lowest BCUT2D eigenvalue weighted by Crippen LogP contribution is -2.51. The maximum Gasteiger partial charge on any atom is 0.413 e. The van der Waals surface area contributed by atoms with E-state index in [1.807, 2.05) is 30.3 Å². The molecule has 0 saturated carbocycles. The summed E-state index contributed by atoms with van der Waals surface area (Å²) in [7, 11) is 1.44. The molecule has 3 rings (SSSR count). The summed E-state index contributed by atoms with van der Waals surface area (Å²) in [5.74, 6) is -1.12. The Hall–Kier alpha value is -3.88. The van der Waals surface area contributed by atoms with Gasteiger partial charge in [0, 0.05) is 13.6 Å². The van der Waals surface area contributed by atoms with E-state index in [0.717, 1.165) is 5.56 Å². The standard InChI is InChI=1S/C24H27N3O6/c1-26(24(32)27-14-8-13-20(27)22(29)30)16-21(28)19(15-17-9-4-2-5-10-17)25-23(31)33-18-11-6-3-7-12-18/h2-7,9-12,19-20H,8,13-16H2,1H3,(H,25,31)(H,29,30)/t19?,20-/m0/s1. The molecule has 1 aliphatic rings. The number of ketones is 1. The van der Waals surface area contributed by atoms with E-state index < -0.39 is 36.0 Å². The third-order valence-electron chi connectivity index (χ3n) is 5.42. The number of likely N-dealkylation sites (N-methyl/N-ethyl adjacent to an activating group) is 1. The third-order valence-corrected chi connectivity index (χ3v) is 5.42. The average molecular weight is 453 g/mol. The van der Waals surface area contributed by atoms with E-state index in [-0.39, 0.29) is 13.0 Å². The fourth-order valence-corrected chi connectivity index (χ4v) is 3.75. The summed E-state index contributed by atoms with van der Waals surface area (Å²) in [5, 5.41) is 11.9. The number of urea groups is 1. The van der Waals surface area contributed by atoms with E-state index in [1.54, 1.807) is 30.3 Å². The molecule has 33 heavy (non-hydrogen) atoms. The second kappa shape index (κ2) is 11.1. The Bertz CT molecular complexity index is 982. The first-order chi connectivity index (χ1) is 15.8. The summed E-state index contributed by atoms with van der Waals surface area (Å²) in [6.07, 6.45) is 0.405. The molecule has 2 aromatic rings. The fourth-order valence-electron chi connectivity index (χ4n) is 3.75. The Morgan fingerprint density at radius 1 is 1.09 bits per heavy atom. The molecule has 2 atom stereocenters. The molecule has 9 nitrogen and oxygen atoms in total. The number of carbonyl (C=O) groups excluding carboxylic acids is 3. The van der Waals surface area contributed by atoms with Crippen LogP contribution in [0.2, 0.25) is 0 Å². The van der Waals surface area contributed by atoms with E-state index in [1.165, 1.54) is 16.8 Å². The molecule has 0 bridgehead atoms. The summed E-state index contributed by atoms with van der Waals surface area (Å²) >= 11 is 0. The molecule has 0 aliphatic carbocycles. The Balaban J connectivity index is 1.68. The van der Waals surface area contributed by atoms with E-state index in [2.05, 4.69) is 5.32 Å². The molecular weight excluding hydrogens is 426 g/mol. The van der Waals surface area contributed by atoms with Gasteiger partial charge in [-0.15, -0.1) is 0 Å². The zero-order chi connectivity index (χ0) is 23.8. The number of aliphatic carboxylic acids is 1. The first-order valence-corrected chi connectivity index (χ1v) is 10.7. The van der Waals surface area contributed by atoms with Crippen LogP contribution in [0.1, 0.15) is 18.4 Å². The predicted octanol–water partition coefficient (Wildman–Crippen LogP) is 2.56. The lowest BCUT2D eigenvalue weighted by molar-refractivity contribution is -0.141. The van der Waals surface area contributed by atoms with Crippen molar-refractivity contribution in [1.82, 2.24) is 15.1 Å². The van der Waals surface area contributed by atoms with Gasteiger partial charge in [0.05, 0.1) is 12.6 Å². The number of carboxylic acid groups (broad SMARTS) is 1. The first kappa shape index (κ1) is 23.8. The molecule has 1 saturated heterocycles. The molecule has 1 fully saturated rings. The van der Waals surface area contributed by atoms with Crippen molar-refractivity contribution < 1.29 is 29.0 Å². The number of nitrogens with zero attached hydrogens (tertiary/aromatic N) is 2. The highest BCUT2D eigenvalue weighted by atomic mass is 16.6. The number of carbonyl (C=O) groups is 4. The van der Waals surface area contributed by atoms with Gasteiger partial charge in [-0.1, -0.05) is 48.5 Å². The van der Waals surface area contributed by atoms with Gasteiger partial charge in [-0.05, 0) is 37.0 Å². The Kier molecular flexibility index (Phi) is 8.01. The molecule has 0 spiro atoms. The van der Waals surface area contributed by atoms with Crippen LogP contribution in [0.25, 0.3) is 0 Å². The average Bonchev–Trinajstić information content (AvgIpc) is 3.29. The summed E-state index contributed by atoms with van der Waals surface area (Å²) in [6, 6.07) is 15.3. The molecule has 2 N–H and O–H groups in total. The number of hydrogen-bond acceptors (Lipinski definition) is 5. The van der Waals surface area contributed by atoms with Crippen LogP contribution in [0.15, 0.2) is 60.7 Å².